The summed E-state index contributed by atoms with van der Waals surface area (Å²) in [4.78, 5) is 18.2. The minimum Gasteiger partial charge on any atom is -0.390 e. The lowest BCUT2D eigenvalue weighted by molar-refractivity contribution is -0.116. The van der Waals surface area contributed by atoms with Crippen molar-refractivity contribution in [1.29, 1.82) is 0 Å². The van der Waals surface area contributed by atoms with Crippen molar-refractivity contribution in [3.63, 3.8) is 0 Å². The van der Waals surface area contributed by atoms with Gasteiger partial charge in [-0.25, -0.2) is 4.98 Å². The molecule has 2 aromatic heterocycles. The summed E-state index contributed by atoms with van der Waals surface area (Å²) in [6.07, 6.45) is 1.85. The molecule has 0 aliphatic rings. The van der Waals surface area contributed by atoms with Crippen molar-refractivity contribution in [2.75, 3.05) is 11.4 Å². The molecule has 3 N–H and O–H groups in total. The number of aromatic nitrogens is 2. The monoisotopic (exact) mass is 268 g/mol. The number of primary amides is 1. The zero-order valence-electron chi connectivity index (χ0n) is 10.3. The van der Waals surface area contributed by atoms with E-state index in [1.54, 1.807) is 4.90 Å². The van der Waals surface area contributed by atoms with E-state index in [0.29, 0.717) is 11.5 Å². The SMILES string of the molecule is CC(C)N(CC(N)=O)c1nc2sccn2c1CO. The van der Waals surface area contributed by atoms with Crippen LogP contribution in [0.15, 0.2) is 11.6 Å². The van der Waals surface area contributed by atoms with Crippen molar-refractivity contribution in [2.24, 2.45) is 5.73 Å². The molecule has 0 aliphatic heterocycles. The first-order valence-electron chi connectivity index (χ1n) is 5.64. The van der Waals surface area contributed by atoms with Crippen LogP contribution in [0.25, 0.3) is 4.96 Å². The van der Waals surface area contributed by atoms with Crippen LogP contribution in [0.3, 0.4) is 0 Å². The van der Waals surface area contributed by atoms with Gasteiger partial charge in [0.05, 0.1) is 18.8 Å². The van der Waals surface area contributed by atoms with Crippen LogP contribution in [0, 0.1) is 0 Å². The van der Waals surface area contributed by atoms with Crippen molar-refractivity contribution >= 4 is 28.0 Å². The minimum atomic E-state index is -0.413. The number of thiazole rings is 1. The lowest BCUT2D eigenvalue weighted by atomic mass is 10.3. The molecule has 18 heavy (non-hydrogen) atoms. The Balaban J connectivity index is 2.48. The molecule has 0 fully saturated rings. The normalized spacial score (nSPS) is 11.3. The summed E-state index contributed by atoms with van der Waals surface area (Å²) in [6, 6.07) is 0.0763. The van der Waals surface area contributed by atoms with Crippen molar-refractivity contribution in [2.45, 2.75) is 26.5 Å². The van der Waals surface area contributed by atoms with E-state index in [1.807, 2.05) is 29.8 Å². The van der Waals surface area contributed by atoms with E-state index in [0.717, 1.165) is 4.96 Å². The fraction of sp³-hybridized carbons (Fsp3) is 0.455. The Morgan fingerprint density at radius 1 is 1.67 bits per heavy atom. The first kappa shape index (κ1) is 12.8. The number of nitrogens with two attached hydrogens (primary N) is 1. The van der Waals surface area contributed by atoms with Crippen LogP contribution in [-0.4, -0.2) is 33.0 Å². The van der Waals surface area contributed by atoms with E-state index < -0.39 is 5.91 Å². The fourth-order valence-corrected chi connectivity index (χ4v) is 2.60. The van der Waals surface area contributed by atoms with Gasteiger partial charge in [-0.15, -0.1) is 11.3 Å². The quantitative estimate of drug-likeness (QED) is 0.831. The number of aliphatic hydroxyl groups is 1. The second-order valence-electron chi connectivity index (χ2n) is 4.28. The Morgan fingerprint density at radius 3 is 2.94 bits per heavy atom. The summed E-state index contributed by atoms with van der Waals surface area (Å²) in [5.41, 5.74) is 5.94. The number of anilines is 1. The third kappa shape index (κ3) is 2.19. The maximum atomic E-state index is 11.1. The van der Waals surface area contributed by atoms with Gasteiger partial charge in [0.2, 0.25) is 5.91 Å². The van der Waals surface area contributed by atoms with Crippen LogP contribution in [0.4, 0.5) is 5.82 Å². The third-order valence-electron chi connectivity index (χ3n) is 2.71. The molecule has 1 amide bonds. The first-order valence-corrected chi connectivity index (χ1v) is 6.52. The zero-order valence-corrected chi connectivity index (χ0v) is 11.1. The molecule has 0 radical (unpaired) electrons. The summed E-state index contributed by atoms with van der Waals surface area (Å²) < 4.78 is 1.83. The minimum absolute atomic E-state index is 0.0763. The van der Waals surface area contributed by atoms with Crippen molar-refractivity contribution < 1.29 is 9.90 Å². The highest BCUT2D eigenvalue weighted by Crippen LogP contribution is 2.25. The number of imidazole rings is 1. The number of amides is 1. The lowest BCUT2D eigenvalue weighted by Gasteiger charge is -2.26. The largest absolute Gasteiger partial charge is 0.390 e. The maximum Gasteiger partial charge on any atom is 0.237 e. The van der Waals surface area contributed by atoms with Gasteiger partial charge in [-0.1, -0.05) is 0 Å². The van der Waals surface area contributed by atoms with Crippen LogP contribution < -0.4 is 10.6 Å². The Bertz CT molecular complexity index is 560. The fourth-order valence-electron chi connectivity index (χ4n) is 1.87. The molecule has 2 rings (SSSR count). The van der Waals surface area contributed by atoms with Gasteiger partial charge < -0.3 is 15.7 Å². The predicted molar refractivity (Wildman–Crippen MR) is 70.7 cm³/mol. The van der Waals surface area contributed by atoms with E-state index in [9.17, 15) is 9.90 Å². The molecule has 0 unspecified atom stereocenters. The molecule has 0 aliphatic carbocycles. The number of aliphatic hydroxyl groups excluding tert-OH is 1. The highest BCUT2D eigenvalue weighted by atomic mass is 32.1. The highest BCUT2D eigenvalue weighted by molar-refractivity contribution is 7.15. The van der Waals surface area contributed by atoms with Crippen molar-refractivity contribution in [1.82, 2.24) is 9.38 Å². The van der Waals surface area contributed by atoms with E-state index >= 15 is 0 Å². The molecule has 0 spiro atoms. The molecular formula is C11H16N4O2S. The third-order valence-corrected chi connectivity index (χ3v) is 3.47. The van der Waals surface area contributed by atoms with Gasteiger partial charge >= 0.3 is 0 Å². The standard InChI is InChI=1S/C11H16N4O2S/c1-7(2)15(5-9(12)17)10-8(6-16)14-3-4-18-11(14)13-10/h3-4,7,16H,5-6H2,1-2H3,(H2,12,17). The predicted octanol–water partition coefficient (Wildman–Crippen LogP) is 0.588. The Labute approximate surface area is 109 Å². The van der Waals surface area contributed by atoms with E-state index in [4.69, 9.17) is 5.73 Å². The summed E-state index contributed by atoms with van der Waals surface area (Å²) in [5.74, 6) is 0.210. The summed E-state index contributed by atoms with van der Waals surface area (Å²) in [5, 5.41) is 11.4. The summed E-state index contributed by atoms with van der Waals surface area (Å²) in [7, 11) is 0. The number of hydrogen-bond acceptors (Lipinski definition) is 5. The van der Waals surface area contributed by atoms with E-state index in [2.05, 4.69) is 4.98 Å². The van der Waals surface area contributed by atoms with Gasteiger partial charge in [0.1, 0.15) is 0 Å². The summed E-state index contributed by atoms with van der Waals surface area (Å²) in [6.45, 7) is 3.87. The molecule has 98 valence electrons. The van der Waals surface area contributed by atoms with Crippen molar-refractivity contribution in [3.05, 3.63) is 17.3 Å². The van der Waals surface area contributed by atoms with Gasteiger partial charge in [-0.05, 0) is 13.8 Å². The van der Waals surface area contributed by atoms with Gasteiger partial charge in [-0.3, -0.25) is 9.20 Å². The molecule has 7 heteroatoms. The Kier molecular flexibility index (Phi) is 3.53. The van der Waals surface area contributed by atoms with Gasteiger partial charge in [-0.2, -0.15) is 0 Å². The number of hydrogen-bond donors (Lipinski definition) is 2. The van der Waals surface area contributed by atoms with Gasteiger partial charge in [0, 0.05) is 17.6 Å². The Hall–Kier alpha value is -1.60. The average molecular weight is 268 g/mol. The lowest BCUT2D eigenvalue weighted by Crippen LogP contribution is -2.39. The number of nitrogens with zero attached hydrogens (tertiary/aromatic N) is 3. The maximum absolute atomic E-state index is 11.1. The molecule has 2 heterocycles. The van der Waals surface area contributed by atoms with E-state index in [-0.39, 0.29) is 19.2 Å². The van der Waals surface area contributed by atoms with E-state index in [1.165, 1.54) is 11.3 Å². The smallest absolute Gasteiger partial charge is 0.237 e. The van der Waals surface area contributed by atoms with Crippen LogP contribution in [0.5, 0.6) is 0 Å². The van der Waals surface area contributed by atoms with Crippen LogP contribution in [0.1, 0.15) is 19.5 Å². The van der Waals surface area contributed by atoms with Gasteiger partial charge in [0.15, 0.2) is 10.8 Å². The molecule has 0 saturated carbocycles. The average Bonchev–Trinajstić information content (AvgIpc) is 2.84. The highest BCUT2D eigenvalue weighted by Gasteiger charge is 2.21. The second kappa shape index (κ2) is 4.95. The van der Waals surface area contributed by atoms with Crippen LogP contribution >= 0.6 is 11.3 Å². The number of fused-ring (bicyclic) bond motifs is 1. The van der Waals surface area contributed by atoms with Crippen LogP contribution in [-0.2, 0) is 11.4 Å². The zero-order chi connectivity index (χ0) is 13.3. The van der Waals surface area contributed by atoms with Crippen molar-refractivity contribution in [3.8, 4) is 0 Å². The number of carbonyl (C=O) groups is 1. The van der Waals surface area contributed by atoms with Crippen LogP contribution in [0.2, 0.25) is 0 Å². The molecular weight excluding hydrogens is 252 g/mol. The number of carbonyl (C=O) groups excluding carboxylic acids is 1. The van der Waals surface area contributed by atoms with Gasteiger partial charge in [0.25, 0.3) is 0 Å². The molecule has 2 aromatic rings. The Morgan fingerprint density at radius 2 is 2.39 bits per heavy atom. The molecule has 0 aromatic carbocycles. The molecule has 6 nitrogen and oxygen atoms in total. The first-order chi connectivity index (χ1) is 8.54. The summed E-state index contributed by atoms with van der Waals surface area (Å²) >= 11 is 1.48. The number of rotatable bonds is 5. The molecule has 0 bridgehead atoms. The molecule has 0 atom stereocenters. The second-order valence-corrected chi connectivity index (χ2v) is 5.16. The topological polar surface area (TPSA) is 83.9 Å². The molecule has 0 saturated heterocycles.